The van der Waals surface area contributed by atoms with Gasteiger partial charge >= 0.3 is 0 Å². The second-order valence-corrected chi connectivity index (χ2v) is 6.75. The van der Waals surface area contributed by atoms with Crippen LogP contribution in [0.2, 0.25) is 0 Å². The van der Waals surface area contributed by atoms with Crippen LogP contribution in [0.3, 0.4) is 0 Å². The Kier molecular flexibility index (Phi) is 4.75. The summed E-state index contributed by atoms with van der Waals surface area (Å²) in [5.74, 6) is 0.933. The van der Waals surface area contributed by atoms with E-state index in [1.165, 1.54) is 18.5 Å². The van der Waals surface area contributed by atoms with Gasteiger partial charge in [-0.2, -0.15) is 0 Å². The number of carbonyl (C=O) groups is 1. The summed E-state index contributed by atoms with van der Waals surface area (Å²) in [5.41, 5.74) is 1.38. The van der Waals surface area contributed by atoms with E-state index in [1.54, 1.807) is 24.1 Å². The van der Waals surface area contributed by atoms with E-state index < -0.39 is 0 Å². The van der Waals surface area contributed by atoms with E-state index in [9.17, 15) is 9.18 Å². The van der Waals surface area contributed by atoms with E-state index in [2.05, 4.69) is 9.97 Å². The average Bonchev–Trinajstić information content (AvgIpc) is 3.30. The zero-order valence-corrected chi connectivity index (χ0v) is 15.0. The molecule has 1 aliphatic rings. The summed E-state index contributed by atoms with van der Waals surface area (Å²) in [7, 11) is 0. The molecule has 1 aromatic carbocycles. The molecule has 0 bridgehead atoms. The fourth-order valence-electron chi connectivity index (χ4n) is 3.48. The van der Waals surface area contributed by atoms with Gasteiger partial charge in [0.1, 0.15) is 17.6 Å². The maximum absolute atomic E-state index is 13.4. The maximum Gasteiger partial charge on any atom is 0.292 e. The lowest BCUT2D eigenvalue weighted by molar-refractivity contribution is 0.0537. The molecule has 1 saturated heterocycles. The smallest absolute Gasteiger partial charge is 0.292 e. The molecule has 1 aliphatic heterocycles. The van der Waals surface area contributed by atoms with Crippen LogP contribution in [0.5, 0.6) is 0 Å². The number of hydrogen-bond donors (Lipinski definition) is 0. The van der Waals surface area contributed by atoms with Gasteiger partial charge in [0, 0.05) is 13.0 Å². The van der Waals surface area contributed by atoms with Crippen molar-refractivity contribution in [1.29, 1.82) is 0 Å². The van der Waals surface area contributed by atoms with Crippen LogP contribution in [-0.2, 0) is 6.42 Å². The van der Waals surface area contributed by atoms with Crippen molar-refractivity contribution in [3.05, 3.63) is 71.3 Å². The Labute approximate surface area is 156 Å². The summed E-state index contributed by atoms with van der Waals surface area (Å²) in [4.78, 5) is 23.0. The lowest BCUT2D eigenvalue weighted by atomic mass is 10.0. The molecule has 1 atom stereocenters. The maximum atomic E-state index is 13.4. The standard InChI is InChI=1S/C20H20FN3O3/c1-13-18(26-12-23-13)20(25)24-8-3-2-7-17(24)19-22-11-16(27-19)10-14-5-4-6-15(21)9-14/h4-6,9,11-12,17H,2-3,7-8,10H2,1H3. The third-order valence-corrected chi connectivity index (χ3v) is 4.83. The third-order valence-electron chi connectivity index (χ3n) is 4.83. The molecule has 3 aromatic rings. The molecule has 27 heavy (non-hydrogen) atoms. The zero-order valence-electron chi connectivity index (χ0n) is 15.0. The highest BCUT2D eigenvalue weighted by Gasteiger charge is 2.34. The van der Waals surface area contributed by atoms with E-state index >= 15 is 0 Å². The summed E-state index contributed by atoms with van der Waals surface area (Å²) >= 11 is 0. The van der Waals surface area contributed by atoms with Gasteiger partial charge in [0.15, 0.2) is 6.39 Å². The molecule has 0 radical (unpaired) electrons. The number of benzene rings is 1. The first kappa shape index (κ1) is 17.5. The number of likely N-dealkylation sites (tertiary alicyclic amines) is 1. The highest BCUT2D eigenvalue weighted by molar-refractivity contribution is 5.92. The van der Waals surface area contributed by atoms with Crippen LogP contribution < -0.4 is 0 Å². The molecular weight excluding hydrogens is 349 g/mol. The lowest BCUT2D eigenvalue weighted by Gasteiger charge is -2.33. The second-order valence-electron chi connectivity index (χ2n) is 6.75. The van der Waals surface area contributed by atoms with Gasteiger partial charge in [-0.25, -0.2) is 14.4 Å². The molecule has 7 heteroatoms. The van der Waals surface area contributed by atoms with Crippen molar-refractivity contribution in [2.45, 2.75) is 38.6 Å². The van der Waals surface area contributed by atoms with Crippen molar-refractivity contribution < 1.29 is 18.0 Å². The first-order valence-corrected chi connectivity index (χ1v) is 9.02. The predicted octanol–water partition coefficient (Wildman–Crippen LogP) is 4.07. The quantitative estimate of drug-likeness (QED) is 0.693. The molecule has 6 nitrogen and oxygen atoms in total. The molecule has 1 fully saturated rings. The molecule has 2 aromatic heterocycles. The van der Waals surface area contributed by atoms with Gasteiger partial charge in [-0.1, -0.05) is 12.1 Å². The fourth-order valence-corrected chi connectivity index (χ4v) is 3.48. The number of amides is 1. The number of carbonyl (C=O) groups excluding carboxylic acids is 1. The Bertz CT molecular complexity index is 949. The monoisotopic (exact) mass is 369 g/mol. The van der Waals surface area contributed by atoms with Gasteiger partial charge in [0.05, 0.1) is 11.9 Å². The number of aromatic nitrogens is 2. The fraction of sp³-hybridized carbons (Fsp3) is 0.350. The van der Waals surface area contributed by atoms with Crippen molar-refractivity contribution in [3.63, 3.8) is 0 Å². The Morgan fingerprint density at radius 1 is 1.33 bits per heavy atom. The molecule has 140 valence electrons. The van der Waals surface area contributed by atoms with E-state index in [0.29, 0.717) is 30.3 Å². The van der Waals surface area contributed by atoms with Crippen LogP contribution in [-0.4, -0.2) is 27.3 Å². The number of oxazole rings is 2. The lowest BCUT2D eigenvalue weighted by Crippen LogP contribution is -2.38. The molecule has 0 saturated carbocycles. The second kappa shape index (κ2) is 7.34. The van der Waals surface area contributed by atoms with E-state index in [0.717, 1.165) is 24.8 Å². The summed E-state index contributed by atoms with van der Waals surface area (Å²) < 4.78 is 24.6. The van der Waals surface area contributed by atoms with Crippen molar-refractivity contribution in [3.8, 4) is 0 Å². The number of hydrogen-bond acceptors (Lipinski definition) is 5. The molecule has 1 unspecified atom stereocenters. The van der Waals surface area contributed by atoms with E-state index in [4.69, 9.17) is 8.83 Å². The predicted molar refractivity (Wildman–Crippen MR) is 94.6 cm³/mol. The summed E-state index contributed by atoms with van der Waals surface area (Å²) in [6, 6.07) is 6.16. The molecule has 3 heterocycles. The van der Waals surface area contributed by atoms with Crippen LogP contribution in [0.1, 0.15) is 58.8 Å². The average molecular weight is 369 g/mol. The molecule has 1 amide bonds. The number of rotatable bonds is 4. The minimum absolute atomic E-state index is 0.195. The van der Waals surface area contributed by atoms with E-state index in [-0.39, 0.29) is 23.5 Å². The van der Waals surface area contributed by atoms with Crippen molar-refractivity contribution in [1.82, 2.24) is 14.9 Å². The Morgan fingerprint density at radius 2 is 2.22 bits per heavy atom. The third kappa shape index (κ3) is 3.63. The van der Waals surface area contributed by atoms with Gasteiger partial charge in [-0.15, -0.1) is 0 Å². The van der Waals surface area contributed by atoms with Crippen molar-refractivity contribution >= 4 is 5.91 Å². The minimum Gasteiger partial charge on any atom is -0.443 e. The highest BCUT2D eigenvalue weighted by atomic mass is 19.1. The summed E-state index contributed by atoms with van der Waals surface area (Å²) in [6.07, 6.45) is 6.07. The largest absolute Gasteiger partial charge is 0.443 e. The highest BCUT2D eigenvalue weighted by Crippen LogP contribution is 2.32. The van der Waals surface area contributed by atoms with Crippen LogP contribution >= 0.6 is 0 Å². The van der Waals surface area contributed by atoms with Crippen LogP contribution in [0, 0.1) is 12.7 Å². The minimum atomic E-state index is -0.279. The van der Waals surface area contributed by atoms with Gasteiger partial charge in [0.2, 0.25) is 11.7 Å². The SMILES string of the molecule is Cc1ncoc1C(=O)N1CCCCC1c1ncc(Cc2cccc(F)c2)o1. The summed E-state index contributed by atoms with van der Waals surface area (Å²) in [6.45, 7) is 2.36. The first-order chi connectivity index (χ1) is 13.1. The molecule has 0 N–H and O–H groups in total. The van der Waals surface area contributed by atoms with Gasteiger partial charge in [-0.05, 0) is 43.9 Å². The molecule has 0 spiro atoms. The van der Waals surface area contributed by atoms with Crippen molar-refractivity contribution in [2.24, 2.45) is 0 Å². The van der Waals surface area contributed by atoms with E-state index in [1.807, 2.05) is 6.07 Å². The molecule has 0 aliphatic carbocycles. The Morgan fingerprint density at radius 3 is 3.00 bits per heavy atom. The normalized spacial score (nSPS) is 17.3. The number of aryl methyl sites for hydroxylation is 1. The first-order valence-electron chi connectivity index (χ1n) is 9.02. The number of nitrogens with zero attached hydrogens (tertiary/aromatic N) is 3. The number of piperidine rings is 1. The Hall–Kier alpha value is -2.96. The molecule has 4 rings (SSSR count). The van der Waals surface area contributed by atoms with Crippen LogP contribution in [0.25, 0.3) is 0 Å². The van der Waals surface area contributed by atoms with Gasteiger partial charge < -0.3 is 13.7 Å². The van der Waals surface area contributed by atoms with Gasteiger partial charge in [-0.3, -0.25) is 4.79 Å². The number of halogens is 1. The Balaban J connectivity index is 1.55. The van der Waals surface area contributed by atoms with Crippen LogP contribution in [0.4, 0.5) is 4.39 Å². The zero-order chi connectivity index (χ0) is 18.8. The topological polar surface area (TPSA) is 72.4 Å². The van der Waals surface area contributed by atoms with Crippen LogP contribution in [0.15, 0.2) is 45.7 Å². The van der Waals surface area contributed by atoms with Gasteiger partial charge in [0.25, 0.3) is 5.91 Å². The van der Waals surface area contributed by atoms with Crippen molar-refractivity contribution in [2.75, 3.05) is 6.54 Å². The molecular formula is C20H20FN3O3. The summed E-state index contributed by atoms with van der Waals surface area (Å²) in [5, 5.41) is 0.